The van der Waals surface area contributed by atoms with Crippen molar-refractivity contribution in [2.24, 2.45) is 0 Å². The van der Waals surface area contributed by atoms with Crippen LogP contribution in [0.1, 0.15) is 17.3 Å². The first-order chi connectivity index (χ1) is 8.45. The number of rotatable bonds is 5. The number of nitrogens with zero attached hydrogens (tertiary/aromatic N) is 2. The third-order valence-corrected chi connectivity index (χ3v) is 2.18. The molecular weight excluding hydrogens is 264 g/mol. The van der Waals surface area contributed by atoms with E-state index < -0.39 is 22.7 Å². The van der Waals surface area contributed by atoms with Crippen molar-refractivity contribution < 1.29 is 19.2 Å². The Labute approximate surface area is 108 Å². The molecule has 0 saturated carbocycles. The molecule has 7 nitrogen and oxygen atoms in total. The van der Waals surface area contributed by atoms with Crippen molar-refractivity contribution in [3.05, 3.63) is 33.1 Å². The maximum atomic E-state index is 11.7. The van der Waals surface area contributed by atoms with E-state index in [0.29, 0.717) is 0 Å². The van der Waals surface area contributed by atoms with E-state index in [1.165, 1.54) is 7.11 Å². The summed E-state index contributed by atoms with van der Waals surface area (Å²) in [6.45, 7) is 1.80. The number of nitro groups is 1. The highest BCUT2D eigenvalue weighted by Gasteiger charge is 2.24. The predicted molar refractivity (Wildman–Crippen MR) is 62.7 cm³/mol. The highest BCUT2D eigenvalue weighted by atomic mass is 35.5. The minimum atomic E-state index is -0.837. The SMILES string of the molecule is COCC(C)OC(=O)c1cc(Cl)ncc1[N+](=O)[O-]. The molecule has 0 aliphatic rings. The van der Waals surface area contributed by atoms with Gasteiger partial charge in [0, 0.05) is 7.11 Å². The van der Waals surface area contributed by atoms with Gasteiger partial charge >= 0.3 is 11.7 Å². The summed E-state index contributed by atoms with van der Waals surface area (Å²) in [4.78, 5) is 25.3. The van der Waals surface area contributed by atoms with Crippen LogP contribution in [0, 0.1) is 10.1 Å². The molecule has 1 atom stereocenters. The van der Waals surface area contributed by atoms with Gasteiger partial charge in [-0.3, -0.25) is 10.1 Å². The van der Waals surface area contributed by atoms with Gasteiger partial charge in [-0.25, -0.2) is 9.78 Å². The van der Waals surface area contributed by atoms with Gasteiger partial charge in [0.2, 0.25) is 0 Å². The number of hydrogen-bond donors (Lipinski definition) is 0. The Morgan fingerprint density at radius 1 is 1.67 bits per heavy atom. The first kappa shape index (κ1) is 14.3. The molecule has 98 valence electrons. The Kier molecular flexibility index (Phi) is 4.99. The smallest absolute Gasteiger partial charge is 0.345 e. The predicted octanol–water partition coefficient (Wildman–Crippen LogP) is 1.83. The molecule has 0 aromatic carbocycles. The Morgan fingerprint density at radius 3 is 2.89 bits per heavy atom. The summed E-state index contributed by atoms with van der Waals surface area (Å²) in [5.41, 5.74) is -0.683. The lowest BCUT2D eigenvalue weighted by atomic mass is 10.2. The summed E-state index contributed by atoms with van der Waals surface area (Å²) in [5.74, 6) is -0.837. The highest BCUT2D eigenvalue weighted by molar-refractivity contribution is 6.29. The normalized spacial score (nSPS) is 11.9. The molecule has 1 aromatic rings. The van der Waals surface area contributed by atoms with Crippen LogP contribution in [0.2, 0.25) is 5.15 Å². The van der Waals surface area contributed by atoms with E-state index in [1.807, 2.05) is 0 Å². The molecule has 0 spiro atoms. The summed E-state index contributed by atoms with van der Waals surface area (Å²) in [5, 5.41) is 10.7. The van der Waals surface area contributed by atoms with E-state index in [9.17, 15) is 14.9 Å². The van der Waals surface area contributed by atoms with E-state index in [-0.39, 0.29) is 17.3 Å². The monoisotopic (exact) mass is 274 g/mol. The van der Waals surface area contributed by atoms with Crippen LogP contribution in [0.15, 0.2) is 12.3 Å². The van der Waals surface area contributed by atoms with Crippen molar-refractivity contribution in [3.63, 3.8) is 0 Å². The van der Waals surface area contributed by atoms with E-state index in [0.717, 1.165) is 12.3 Å². The summed E-state index contributed by atoms with van der Waals surface area (Å²) >= 11 is 5.60. The Morgan fingerprint density at radius 2 is 2.33 bits per heavy atom. The third-order valence-electron chi connectivity index (χ3n) is 1.98. The fourth-order valence-corrected chi connectivity index (χ4v) is 1.40. The second kappa shape index (κ2) is 6.27. The summed E-state index contributed by atoms with van der Waals surface area (Å²) in [6, 6.07) is 1.10. The van der Waals surface area contributed by atoms with Gasteiger partial charge in [0.05, 0.1) is 11.5 Å². The van der Waals surface area contributed by atoms with E-state index >= 15 is 0 Å². The van der Waals surface area contributed by atoms with Gasteiger partial charge in [-0.2, -0.15) is 0 Å². The van der Waals surface area contributed by atoms with Crippen molar-refractivity contribution in [1.82, 2.24) is 4.98 Å². The number of ether oxygens (including phenoxy) is 2. The minimum Gasteiger partial charge on any atom is -0.456 e. The van der Waals surface area contributed by atoms with Crippen molar-refractivity contribution in [1.29, 1.82) is 0 Å². The van der Waals surface area contributed by atoms with Crippen LogP contribution in [0.3, 0.4) is 0 Å². The summed E-state index contributed by atoms with van der Waals surface area (Å²) in [7, 11) is 1.45. The van der Waals surface area contributed by atoms with Gasteiger partial charge in [0.1, 0.15) is 23.0 Å². The van der Waals surface area contributed by atoms with Crippen LogP contribution < -0.4 is 0 Å². The first-order valence-electron chi connectivity index (χ1n) is 4.95. The fourth-order valence-electron chi connectivity index (χ4n) is 1.25. The van der Waals surface area contributed by atoms with Gasteiger partial charge in [-0.15, -0.1) is 0 Å². The molecule has 0 aliphatic carbocycles. The average molecular weight is 275 g/mol. The largest absolute Gasteiger partial charge is 0.456 e. The number of aromatic nitrogens is 1. The van der Waals surface area contributed by atoms with Crippen LogP contribution in [-0.4, -0.2) is 35.7 Å². The number of carbonyl (C=O) groups excluding carboxylic acids is 1. The van der Waals surface area contributed by atoms with Crippen LogP contribution in [0.25, 0.3) is 0 Å². The van der Waals surface area contributed by atoms with Crippen molar-refractivity contribution >= 4 is 23.3 Å². The molecule has 0 saturated heterocycles. The molecule has 1 unspecified atom stereocenters. The Balaban J connectivity index is 2.97. The van der Waals surface area contributed by atoms with Gasteiger partial charge in [-0.1, -0.05) is 11.6 Å². The van der Waals surface area contributed by atoms with Gasteiger partial charge in [-0.05, 0) is 13.0 Å². The van der Waals surface area contributed by atoms with Crippen LogP contribution >= 0.6 is 11.6 Å². The molecule has 1 rings (SSSR count). The molecule has 0 amide bonds. The van der Waals surface area contributed by atoms with Crippen molar-refractivity contribution in [2.75, 3.05) is 13.7 Å². The lowest BCUT2D eigenvalue weighted by Gasteiger charge is -2.11. The van der Waals surface area contributed by atoms with Crippen molar-refractivity contribution in [3.8, 4) is 0 Å². The molecule has 18 heavy (non-hydrogen) atoms. The maximum absolute atomic E-state index is 11.7. The van der Waals surface area contributed by atoms with Crippen molar-refractivity contribution in [2.45, 2.75) is 13.0 Å². The van der Waals surface area contributed by atoms with E-state index in [4.69, 9.17) is 21.1 Å². The number of hydrogen-bond acceptors (Lipinski definition) is 6. The molecule has 0 bridgehead atoms. The van der Waals surface area contributed by atoms with E-state index in [1.54, 1.807) is 6.92 Å². The molecule has 1 aromatic heterocycles. The number of pyridine rings is 1. The van der Waals surface area contributed by atoms with Gasteiger partial charge < -0.3 is 9.47 Å². The molecule has 0 fully saturated rings. The second-order valence-electron chi connectivity index (χ2n) is 3.45. The topological polar surface area (TPSA) is 91.6 Å². The molecule has 0 radical (unpaired) electrons. The van der Waals surface area contributed by atoms with Crippen LogP contribution in [0.5, 0.6) is 0 Å². The molecule has 0 aliphatic heterocycles. The number of carbonyl (C=O) groups is 1. The lowest BCUT2D eigenvalue weighted by molar-refractivity contribution is -0.385. The Bertz CT molecular complexity index is 466. The van der Waals surface area contributed by atoms with Crippen LogP contribution in [0.4, 0.5) is 5.69 Å². The van der Waals surface area contributed by atoms with Gasteiger partial charge in [0.25, 0.3) is 0 Å². The van der Waals surface area contributed by atoms with E-state index in [2.05, 4.69) is 4.98 Å². The average Bonchev–Trinajstić information content (AvgIpc) is 2.28. The molecule has 8 heteroatoms. The quantitative estimate of drug-likeness (QED) is 0.352. The summed E-state index contributed by atoms with van der Waals surface area (Å²) < 4.78 is 9.76. The minimum absolute atomic E-state index is 0.0213. The maximum Gasteiger partial charge on any atom is 0.345 e. The Hall–Kier alpha value is -1.73. The first-order valence-corrected chi connectivity index (χ1v) is 5.33. The standard InChI is InChI=1S/C10H11ClN2O5/c1-6(5-17-2)18-10(14)7-3-9(11)12-4-8(7)13(15)16/h3-4,6H,5H2,1-2H3. The zero-order valence-corrected chi connectivity index (χ0v) is 10.5. The number of esters is 1. The molecule has 0 N–H and O–H groups in total. The zero-order valence-electron chi connectivity index (χ0n) is 9.75. The molecule has 1 heterocycles. The van der Waals surface area contributed by atoms with Gasteiger partial charge in [0.15, 0.2) is 0 Å². The third kappa shape index (κ3) is 3.64. The lowest BCUT2D eigenvalue weighted by Crippen LogP contribution is -2.20. The number of methoxy groups -OCH3 is 1. The van der Waals surface area contributed by atoms with Crippen LogP contribution in [-0.2, 0) is 9.47 Å². The highest BCUT2D eigenvalue weighted by Crippen LogP contribution is 2.21. The fraction of sp³-hybridized carbons (Fsp3) is 0.400. The summed E-state index contributed by atoms with van der Waals surface area (Å²) in [6.07, 6.45) is 0.397. The zero-order chi connectivity index (χ0) is 13.7. The second-order valence-corrected chi connectivity index (χ2v) is 3.84. The number of halogens is 1. The molecular formula is C10H11ClN2O5.